The summed E-state index contributed by atoms with van der Waals surface area (Å²) in [6.07, 6.45) is 0.817. The summed E-state index contributed by atoms with van der Waals surface area (Å²) >= 11 is 3.17. The molecule has 3 heterocycles. The Morgan fingerprint density at radius 2 is 2.25 bits per heavy atom. The maximum atomic E-state index is 5.79. The van der Waals surface area contributed by atoms with E-state index in [4.69, 9.17) is 10.6 Å². The van der Waals surface area contributed by atoms with E-state index in [2.05, 4.69) is 20.4 Å². The van der Waals surface area contributed by atoms with Crippen LogP contribution in [0.2, 0.25) is 0 Å². The van der Waals surface area contributed by atoms with Crippen molar-refractivity contribution in [2.75, 3.05) is 12.0 Å². The van der Waals surface area contributed by atoms with Gasteiger partial charge in [-0.2, -0.15) is 4.98 Å². The highest BCUT2D eigenvalue weighted by Gasteiger charge is 2.10. The summed E-state index contributed by atoms with van der Waals surface area (Å²) < 4.78 is 5.79. The van der Waals surface area contributed by atoms with Gasteiger partial charge in [0.2, 0.25) is 11.8 Å². The average Bonchev–Trinajstić information content (AvgIpc) is 3.07. The number of hydrazine groups is 1. The minimum atomic E-state index is 0.365. The molecule has 3 aromatic rings. The van der Waals surface area contributed by atoms with Gasteiger partial charge >= 0.3 is 0 Å². The summed E-state index contributed by atoms with van der Waals surface area (Å²) in [6.45, 7) is 2.55. The number of nitrogens with one attached hydrogen (secondary N) is 1. The maximum Gasteiger partial charge on any atom is 0.241 e. The molecule has 0 amide bonds. The van der Waals surface area contributed by atoms with Crippen molar-refractivity contribution in [3.63, 3.8) is 0 Å². The lowest BCUT2D eigenvalue weighted by molar-refractivity contribution is 0.314. The van der Waals surface area contributed by atoms with E-state index in [1.54, 1.807) is 11.3 Å². The number of rotatable bonds is 5. The van der Waals surface area contributed by atoms with Crippen molar-refractivity contribution in [1.29, 1.82) is 0 Å². The van der Waals surface area contributed by atoms with Crippen LogP contribution in [0.4, 0.5) is 5.95 Å². The second-order valence-electron chi connectivity index (χ2n) is 4.10. The van der Waals surface area contributed by atoms with E-state index >= 15 is 0 Å². The number of anilines is 1. The molecule has 0 spiro atoms. The molecule has 0 radical (unpaired) electrons. The number of ether oxygens (including phenoxy) is 1. The quantitative estimate of drug-likeness (QED) is 0.556. The number of aryl methyl sites for hydroxylation is 1. The first-order chi connectivity index (χ1) is 9.78. The second kappa shape index (κ2) is 5.70. The fourth-order valence-corrected chi connectivity index (χ4v) is 3.33. The first-order valence-electron chi connectivity index (χ1n) is 6.01. The average molecular weight is 307 g/mol. The summed E-state index contributed by atoms with van der Waals surface area (Å²) in [5.74, 6) is 6.30. The first kappa shape index (κ1) is 13.2. The molecule has 0 bridgehead atoms. The third-order valence-corrected chi connectivity index (χ3v) is 4.63. The Hall–Kier alpha value is -1.77. The smallest absolute Gasteiger partial charge is 0.241 e. The van der Waals surface area contributed by atoms with Crippen LogP contribution < -0.4 is 16.0 Å². The van der Waals surface area contributed by atoms with Crippen molar-refractivity contribution in [1.82, 2.24) is 15.0 Å². The van der Waals surface area contributed by atoms with Crippen molar-refractivity contribution in [3.8, 4) is 5.88 Å². The van der Waals surface area contributed by atoms with Gasteiger partial charge in [0.15, 0.2) is 0 Å². The van der Waals surface area contributed by atoms with E-state index in [-0.39, 0.29) is 0 Å². The van der Waals surface area contributed by atoms with Crippen LogP contribution in [0.5, 0.6) is 5.88 Å². The Morgan fingerprint density at radius 1 is 1.35 bits per heavy atom. The molecule has 0 aromatic carbocycles. The van der Waals surface area contributed by atoms with Crippen LogP contribution in [0.3, 0.4) is 0 Å². The van der Waals surface area contributed by atoms with Gasteiger partial charge in [-0.15, -0.1) is 22.7 Å². The predicted molar refractivity (Wildman–Crippen MR) is 81.3 cm³/mol. The van der Waals surface area contributed by atoms with Crippen molar-refractivity contribution < 1.29 is 4.74 Å². The molecular formula is C12H13N5OS2. The summed E-state index contributed by atoms with van der Waals surface area (Å²) in [4.78, 5) is 14.8. The standard InChI is InChI=1S/C12H13N5OS2/c1-7-9(20-6-14-7)2-4-18-10-8-3-5-19-11(8)16-12(15-10)17-13/h3,5-6H,2,4,13H2,1H3,(H,15,16,17). The number of hydrogen-bond acceptors (Lipinski definition) is 8. The Labute approximate surface area is 123 Å². The van der Waals surface area contributed by atoms with Crippen molar-refractivity contribution in [2.45, 2.75) is 13.3 Å². The number of nitrogens with two attached hydrogens (primary N) is 1. The molecule has 6 nitrogen and oxygen atoms in total. The van der Waals surface area contributed by atoms with E-state index in [0.717, 1.165) is 22.3 Å². The number of nitrogen functional groups attached to an aromatic ring is 1. The van der Waals surface area contributed by atoms with Crippen LogP contribution in [0.15, 0.2) is 17.0 Å². The van der Waals surface area contributed by atoms with Crippen LogP contribution in [0.25, 0.3) is 10.2 Å². The van der Waals surface area contributed by atoms with E-state index in [1.807, 2.05) is 23.9 Å². The number of nitrogens with zero attached hydrogens (tertiary/aromatic N) is 3. The van der Waals surface area contributed by atoms with Gasteiger partial charge in [0.05, 0.1) is 23.2 Å². The molecule has 3 rings (SSSR count). The molecule has 3 N–H and O–H groups in total. The van der Waals surface area contributed by atoms with Gasteiger partial charge in [-0.25, -0.2) is 15.8 Å². The maximum absolute atomic E-state index is 5.79. The van der Waals surface area contributed by atoms with Gasteiger partial charge in [0.25, 0.3) is 0 Å². The summed E-state index contributed by atoms with van der Waals surface area (Å²) in [5, 5.41) is 2.87. The third kappa shape index (κ3) is 2.58. The molecular weight excluding hydrogens is 294 g/mol. The third-order valence-electron chi connectivity index (χ3n) is 2.83. The normalized spacial score (nSPS) is 10.9. The first-order valence-corrected chi connectivity index (χ1v) is 7.77. The largest absolute Gasteiger partial charge is 0.477 e. The van der Waals surface area contributed by atoms with Gasteiger partial charge in [-0.3, -0.25) is 5.43 Å². The monoisotopic (exact) mass is 307 g/mol. The molecule has 0 saturated heterocycles. The van der Waals surface area contributed by atoms with E-state index in [9.17, 15) is 0 Å². The zero-order chi connectivity index (χ0) is 13.9. The van der Waals surface area contributed by atoms with Gasteiger partial charge < -0.3 is 4.74 Å². The zero-order valence-electron chi connectivity index (χ0n) is 10.8. The van der Waals surface area contributed by atoms with Crippen molar-refractivity contribution >= 4 is 38.8 Å². The molecule has 0 unspecified atom stereocenters. The van der Waals surface area contributed by atoms with Crippen LogP contribution in [0.1, 0.15) is 10.6 Å². The lowest BCUT2D eigenvalue weighted by Gasteiger charge is -2.07. The number of thiophene rings is 1. The molecule has 20 heavy (non-hydrogen) atoms. The molecule has 0 atom stereocenters. The Bertz CT molecular complexity index is 724. The number of hydrogen-bond donors (Lipinski definition) is 2. The fourth-order valence-electron chi connectivity index (χ4n) is 1.81. The zero-order valence-corrected chi connectivity index (χ0v) is 12.4. The topological polar surface area (TPSA) is 86.0 Å². The highest BCUT2D eigenvalue weighted by molar-refractivity contribution is 7.16. The highest BCUT2D eigenvalue weighted by atomic mass is 32.1. The van der Waals surface area contributed by atoms with Gasteiger partial charge in [0, 0.05) is 11.3 Å². The Morgan fingerprint density at radius 3 is 3.00 bits per heavy atom. The molecule has 0 fully saturated rings. The molecule has 8 heteroatoms. The van der Waals surface area contributed by atoms with Crippen LogP contribution >= 0.6 is 22.7 Å². The minimum Gasteiger partial charge on any atom is -0.477 e. The van der Waals surface area contributed by atoms with Crippen LogP contribution in [0, 0.1) is 6.92 Å². The molecule has 0 aliphatic heterocycles. The van der Waals surface area contributed by atoms with Gasteiger partial charge in [-0.1, -0.05) is 0 Å². The van der Waals surface area contributed by atoms with Gasteiger partial charge in [0.1, 0.15) is 4.83 Å². The predicted octanol–water partition coefficient (Wildman–Crippen LogP) is 2.36. The molecule has 0 aliphatic rings. The minimum absolute atomic E-state index is 0.365. The Kier molecular flexibility index (Phi) is 3.77. The lowest BCUT2D eigenvalue weighted by Crippen LogP contribution is -2.11. The Balaban J connectivity index is 1.76. The summed E-state index contributed by atoms with van der Waals surface area (Å²) in [6, 6.07) is 1.95. The van der Waals surface area contributed by atoms with Crippen molar-refractivity contribution in [2.24, 2.45) is 5.84 Å². The van der Waals surface area contributed by atoms with Crippen LogP contribution in [-0.4, -0.2) is 21.6 Å². The van der Waals surface area contributed by atoms with Crippen LogP contribution in [-0.2, 0) is 6.42 Å². The van der Waals surface area contributed by atoms with E-state index < -0.39 is 0 Å². The number of fused-ring (bicyclic) bond motifs is 1. The molecule has 104 valence electrons. The number of thiazole rings is 1. The molecule has 0 aliphatic carbocycles. The SMILES string of the molecule is Cc1ncsc1CCOc1nc(NN)nc2sccc12. The highest BCUT2D eigenvalue weighted by Crippen LogP contribution is 2.28. The lowest BCUT2D eigenvalue weighted by atomic mass is 10.3. The summed E-state index contributed by atoms with van der Waals surface area (Å²) in [7, 11) is 0. The summed E-state index contributed by atoms with van der Waals surface area (Å²) in [5.41, 5.74) is 5.37. The van der Waals surface area contributed by atoms with Crippen molar-refractivity contribution in [3.05, 3.63) is 27.5 Å². The second-order valence-corrected chi connectivity index (χ2v) is 5.93. The fraction of sp³-hybridized carbons (Fsp3) is 0.250. The van der Waals surface area contributed by atoms with E-state index in [1.165, 1.54) is 16.2 Å². The van der Waals surface area contributed by atoms with E-state index in [0.29, 0.717) is 18.4 Å². The number of aromatic nitrogens is 3. The molecule has 3 aromatic heterocycles. The molecule has 0 saturated carbocycles. The van der Waals surface area contributed by atoms with Gasteiger partial charge in [-0.05, 0) is 18.4 Å².